The number of pyridine rings is 1. The number of aromatic nitrogens is 3. The number of nitrogens with one attached hydrogen (secondary N) is 1. The van der Waals surface area contributed by atoms with E-state index in [0.717, 1.165) is 22.5 Å². The maximum atomic E-state index is 13.4. The van der Waals surface area contributed by atoms with Gasteiger partial charge in [-0.2, -0.15) is 5.26 Å². The van der Waals surface area contributed by atoms with Crippen LogP contribution in [0, 0.1) is 11.3 Å². The second kappa shape index (κ2) is 10.3. The van der Waals surface area contributed by atoms with Crippen molar-refractivity contribution < 1.29 is 24.2 Å². The first-order chi connectivity index (χ1) is 18.4. The number of rotatable bonds is 6. The number of likely N-dealkylation sites (tertiary alicyclic amines) is 1. The van der Waals surface area contributed by atoms with Crippen molar-refractivity contribution in [3.8, 4) is 23.2 Å². The number of methoxy groups -OCH3 is 1. The number of piperidine rings is 1. The van der Waals surface area contributed by atoms with Crippen molar-refractivity contribution in [1.29, 1.82) is 5.26 Å². The monoisotopic (exact) mass is 527 g/mol. The predicted octanol–water partition coefficient (Wildman–Crippen LogP) is 4.18. The van der Waals surface area contributed by atoms with Crippen molar-refractivity contribution in [2.24, 2.45) is 0 Å². The zero-order valence-corrected chi connectivity index (χ0v) is 21.0. The Morgan fingerprint density at radius 3 is 2.55 bits per heavy atom. The molecule has 1 aliphatic heterocycles. The molecule has 190 valence electrons. The molecule has 0 aliphatic carbocycles. The fourth-order valence-electron chi connectivity index (χ4n) is 4.57. The highest BCUT2D eigenvalue weighted by Gasteiger charge is 2.30. The molecule has 0 spiro atoms. The van der Waals surface area contributed by atoms with E-state index in [1.807, 2.05) is 30.3 Å². The highest BCUT2D eigenvalue weighted by Crippen LogP contribution is 2.35. The summed E-state index contributed by atoms with van der Waals surface area (Å²) in [5.74, 6) is -2.21. The van der Waals surface area contributed by atoms with Crippen LogP contribution in [0.2, 0.25) is 0 Å². The van der Waals surface area contributed by atoms with E-state index < -0.39 is 17.7 Å². The number of allylic oxidation sites excluding steroid dienone is 1. The summed E-state index contributed by atoms with van der Waals surface area (Å²) < 4.78 is 5.42. The molecule has 1 saturated heterocycles. The standard InChI is InChI=1S/C27H21N5O5S/c1-37-20-13-30-22(19-14-38-25(31-19)27(35)36)23-21(20)18(12-29-23)24(33)26(34)32-9-7-16(8-10-32)17(11-28)15-5-3-2-4-6-15/h2-6,12-14,29H,7-10H2,1H3,(H,35,36). The quantitative estimate of drug-likeness (QED) is 0.215. The van der Waals surface area contributed by atoms with Gasteiger partial charge in [0.1, 0.15) is 17.1 Å². The smallest absolute Gasteiger partial charge is 0.365 e. The van der Waals surface area contributed by atoms with Gasteiger partial charge in [-0.3, -0.25) is 9.59 Å². The van der Waals surface area contributed by atoms with E-state index in [9.17, 15) is 24.8 Å². The lowest BCUT2D eigenvalue weighted by molar-refractivity contribution is -0.126. The molecular weight excluding hydrogens is 506 g/mol. The minimum absolute atomic E-state index is 0.0888. The second-order valence-corrected chi connectivity index (χ2v) is 9.41. The zero-order valence-electron chi connectivity index (χ0n) is 20.2. The number of hydrogen-bond acceptors (Lipinski definition) is 8. The third-order valence-corrected chi connectivity index (χ3v) is 7.28. The second-order valence-electron chi connectivity index (χ2n) is 8.55. The molecule has 0 atom stereocenters. The van der Waals surface area contributed by atoms with E-state index in [2.05, 4.69) is 21.0 Å². The van der Waals surface area contributed by atoms with Crippen LogP contribution in [0.3, 0.4) is 0 Å². The molecule has 4 heterocycles. The summed E-state index contributed by atoms with van der Waals surface area (Å²) in [4.78, 5) is 50.8. The number of ether oxygens (including phenoxy) is 1. The van der Waals surface area contributed by atoms with Gasteiger partial charge >= 0.3 is 5.97 Å². The summed E-state index contributed by atoms with van der Waals surface area (Å²) >= 11 is 0.963. The molecule has 0 unspecified atom stereocenters. The van der Waals surface area contributed by atoms with Crippen LogP contribution in [0.5, 0.6) is 5.75 Å². The van der Waals surface area contributed by atoms with Crippen molar-refractivity contribution in [2.45, 2.75) is 12.8 Å². The number of ketones is 1. The van der Waals surface area contributed by atoms with Gasteiger partial charge in [-0.25, -0.2) is 14.8 Å². The molecule has 1 amide bonds. The van der Waals surface area contributed by atoms with Gasteiger partial charge in [0.15, 0.2) is 0 Å². The average Bonchev–Trinajstić information content (AvgIpc) is 3.62. The highest BCUT2D eigenvalue weighted by molar-refractivity contribution is 7.11. The number of nitriles is 1. The van der Waals surface area contributed by atoms with E-state index in [1.165, 1.54) is 24.4 Å². The van der Waals surface area contributed by atoms with Gasteiger partial charge < -0.3 is 19.7 Å². The molecule has 10 nitrogen and oxygen atoms in total. The molecule has 0 bridgehead atoms. The van der Waals surface area contributed by atoms with E-state index in [-0.39, 0.29) is 10.6 Å². The molecule has 3 aromatic heterocycles. The van der Waals surface area contributed by atoms with Crippen LogP contribution < -0.4 is 4.74 Å². The molecule has 5 rings (SSSR count). The van der Waals surface area contributed by atoms with E-state index in [0.29, 0.717) is 59.5 Å². The van der Waals surface area contributed by atoms with Gasteiger partial charge in [-0.15, -0.1) is 11.3 Å². The summed E-state index contributed by atoms with van der Waals surface area (Å²) in [5.41, 5.74) is 3.62. The first-order valence-corrected chi connectivity index (χ1v) is 12.5. The molecule has 38 heavy (non-hydrogen) atoms. The number of aromatic amines is 1. The topological polar surface area (TPSA) is 149 Å². The summed E-state index contributed by atoms with van der Waals surface area (Å²) in [6.45, 7) is 0.641. The number of carbonyl (C=O) groups is 3. The number of Topliss-reactive ketones (excluding diaryl/α,β-unsaturated/α-hetero) is 1. The van der Waals surface area contributed by atoms with Crippen molar-refractivity contribution in [1.82, 2.24) is 19.9 Å². The van der Waals surface area contributed by atoms with Gasteiger partial charge in [0.05, 0.1) is 41.4 Å². The fourth-order valence-corrected chi connectivity index (χ4v) is 5.21. The molecule has 2 N–H and O–H groups in total. The van der Waals surface area contributed by atoms with Crippen LogP contribution in [0.1, 0.15) is 38.6 Å². The van der Waals surface area contributed by atoms with Gasteiger partial charge in [0.25, 0.3) is 11.7 Å². The predicted molar refractivity (Wildman–Crippen MR) is 140 cm³/mol. The summed E-state index contributed by atoms with van der Waals surface area (Å²) in [5, 5.41) is 20.8. The number of carboxylic acid groups (broad SMARTS) is 1. The fraction of sp³-hybridized carbons (Fsp3) is 0.185. The third-order valence-electron chi connectivity index (χ3n) is 6.44. The van der Waals surface area contributed by atoms with Crippen LogP contribution in [0.25, 0.3) is 27.9 Å². The first-order valence-electron chi connectivity index (χ1n) is 11.7. The Hall–Kier alpha value is -4.82. The number of H-pyrrole nitrogens is 1. The number of benzene rings is 1. The minimum Gasteiger partial charge on any atom is -0.494 e. The number of nitrogens with zero attached hydrogens (tertiary/aromatic N) is 4. The number of hydrogen-bond donors (Lipinski definition) is 2. The number of fused-ring (bicyclic) bond motifs is 1. The van der Waals surface area contributed by atoms with Crippen LogP contribution in [-0.2, 0) is 4.79 Å². The van der Waals surface area contributed by atoms with E-state index in [1.54, 1.807) is 5.38 Å². The van der Waals surface area contributed by atoms with E-state index >= 15 is 0 Å². The van der Waals surface area contributed by atoms with Gasteiger partial charge in [-0.05, 0) is 24.0 Å². The average molecular weight is 528 g/mol. The Labute approximate surface area is 220 Å². The molecular formula is C27H21N5O5S. The summed E-state index contributed by atoms with van der Waals surface area (Å²) in [6.07, 6.45) is 3.84. The van der Waals surface area contributed by atoms with Crippen molar-refractivity contribution in [3.63, 3.8) is 0 Å². The third kappa shape index (κ3) is 4.42. The van der Waals surface area contributed by atoms with Crippen molar-refractivity contribution in [2.75, 3.05) is 20.2 Å². The lowest BCUT2D eigenvalue weighted by atomic mass is 9.93. The number of amides is 1. The normalized spacial score (nSPS) is 13.3. The zero-order chi connectivity index (χ0) is 26.8. The minimum atomic E-state index is -1.15. The molecule has 1 aliphatic rings. The Morgan fingerprint density at radius 2 is 1.92 bits per heavy atom. The molecule has 1 fully saturated rings. The van der Waals surface area contributed by atoms with Crippen LogP contribution in [-0.4, -0.2) is 62.8 Å². The van der Waals surface area contributed by atoms with Crippen LogP contribution >= 0.6 is 11.3 Å². The Balaban J connectivity index is 1.42. The molecule has 11 heteroatoms. The molecule has 0 radical (unpaired) electrons. The van der Waals surface area contributed by atoms with E-state index in [4.69, 9.17) is 4.74 Å². The first kappa shape index (κ1) is 24.9. The Morgan fingerprint density at radius 1 is 1.18 bits per heavy atom. The maximum absolute atomic E-state index is 13.4. The molecule has 0 saturated carbocycles. The number of carbonyl (C=O) groups excluding carboxylic acids is 2. The highest BCUT2D eigenvalue weighted by atomic mass is 32.1. The van der Waals surface area contributed by atoms with Crippen molar-refractivity contribution >= 4 is 45.5 Å². The maximum Gasteiger partial charge on any atom is 0.365 e. The molecule has 4 aromatic rings. The van der Waals surface area contributed by atoms with Crippen LogP contribution in [0.4, 0.5) is 0 Å². The van der Waals surface area contributed by atoms with Gasteiger partial charge in [0.2, 0.25) is 5.01 Å². The molecule has 1 aromatic carbocycles. The number of aromatic carboxylic acids is 1. The lowest BCUT2D eigenvalue weighted by Gasteiger charge is -2.28. The SMILES string of the molecule is COc1cnc(-c2csc(C(=O)O)n2)c2[nH]cc(C(=O)C(=O)N3CCC(=C(C#N)c4ccccc4)CC3)c12. The Kier molecular flexibility index (Phi) is 6.72. The number of thiazole rings is 1. The van der Waals surface area contributed by atoms with Gasteiger partial charge in [0, 0.05) is 24.7 Å². The summed E-state index contributed by atoms with van der Waals surface area (Å²) in [6, 6.07) is 11.7. The largest absolute Gasteiger partial charge is 0.494 e. The summed E-state index contributed by atoms with van der Waals surface area (Å²) in [7, 11) is 1.43. The van der Waals surface area contributed by atoms with Crippen molar-refractivity contribution in [3.05, 3.63) is 69.8 Å². The van der Waals surface area contributed by atoms with Crippen LogP contribution in [0.15, 0.2) is 53.7 Å². The number of carboxylic acids is 1. The van der Waals surface area contributed by atoms with Gasteiger partial charge in [-0.1, -0.05) is 30.3 Å². The lowest BCUT2D eigenvalue weighted by Crippen LogP contribution is -2.40. The Bertz CT molecular complexity index is 1640.